The Kier molecular flexibility index (Phi) is 11.4. The van der Waals surface area contributed by atoms with Crippen LogP contribution in [0.5, 0.6) is 11.5 Å². The molecule has 0 fully saturated rings. The number of carboxylic acid groups (broad SMARTS) is 4. The van der Waals surface area contributed by atoms with Crippen LogP contribution < -0.4 is 24.6 Å². The number of aliphatic carboxylic acids is 4. The Hall–Kier alpha value is -6.51. The Bertz CT molecular complexity index is 1870. The number of rotatable bonds is 18. The van der Waals surface area contributed by atoms with E-state index in [2.05, 4.69) is 16.9 Å². The molecule has 49 heavy (non-hydrogen) atoms. The molecule has 1 aromatic heterocycles. The highest BCUT2D eigenvalue weighted by molar-refractivity contribution is 5.99. The van der Waals surface area contributed by atoms with Crippen LogP contribution in [0.25, 0.3) is 22.2 Å². The summed E-state index contributed by atoms with van der Waals surface area (Å²) >= 11 is 0. The number of benzene rings is 3. The van der Waals surface area contributed by atoms with Crippen molar-refractivity contribution in [3.8, 4) is 22.8 Å². The van der Waals surface area contributed by atoms with E-state index in [4.69, 9.17) is 9.47 Å². The lowest BCUT2D eigenvalue weighted by atomic mass is 10.1. The molecular formula is C34H34N4O11. The number of aromatic amines is 1. The van der Waals surface area contributed by atoms with Crippen molar-refractivity contribution in [2.75, 3.05) is 49.2 Å². The van der Waals surface area contributed by atoms with Gasteiger partial charge in [-0.05, 0) is 61.2 Å². The highest BCUT2D eigenvalue weighted by Gasteiger charge is 2.21. The molecule has 4 rings (SSSR count). The molecule has 3 aromatic carbocycles. The van der Waals surface area contributed by atoms with Gasteiger partial charge in [-0.3, -0.25) is 24.0 Å². The van der Waals surface area contributed by atoms with Crippen molar-refractivity contribution in [3.63, 3.8) is 0 Å². The van der Waals surface area contributed by atoms with Crippen molar-refractivity contribution in [2.24, 2.45) is 0 Å². The fraction of sp³-hybridized carbons (Fsp3) is 0.206. The number of carbonyl (C=O) groups excluding carboxylic acids is 1. The molecule has 0 saturated carbocycles. The number of H-pyrrole nitrogens is 1. The quantitative estimate of drug-likeness (QED) is 0.0835. The predicted molar refractivity (Wildman–Crippen MR) is 179 cm³/mol. The molecule has 0 spiro atoms. The van der Waals surface area contributed by atoms with Crippen molar-refractivity contribution >= 4 is 52.1 Å². The lowest BCUT2D eigenvalue weighted by molar-refractivity contribution is -0.138. The normalized spacial score (nSPS) is 10.6. The Morgan fingerprint density at radius 2 is 1.27 bits per heavy atom. The molecule has 0 saturated heterocycles. The maximum atomic E-state index is 12.3. The van der Waals surface area contributed by atoms with Gasteiger partial charge in [-0.25, -0.2) is 0 Å². The molecule has 256 valence electrons. The minimum atomic E-state index is -1.26. The van der Waals surface area contributed by atoms with Gasteiger partial charge in [0.15, 0.2) is 0 Å². The van der Waals surface area contributed by atoms with Crippen LogP contribution in [0, 0.1) is 6.92 Å². The van der Waals surface area contributed by atoms with E-state index in [1.54, 1.807) is 61.5 Å². The van der Waals surface area contributed by atoms with Gasteiger partial charge in [-0.15, -0.1) is 0 Å². The summed E-state index contributed by atoms with van der Waals surface area (Å²) in [5, 5.41) is 41.0. The number of ether oxygens (including phenoxy) is 2. The van der Waals surface area contributed by atoms with E-state index in [0.29, 0.717) is 22.3 Å². The van der Waals surface area contributed by atoms with Gasteiger partial charge >= 0.3 is 23.9 Å². The number of anilines is 2. The van der Waals surface area contributed by atoms with Crippen LogP contribution >= 0.6 is 0 Å². The number of nitrogens with one attached hydrogen (secondary N) is 2. The van der Waals surface area contributed by atoms with E-state index in [9.17, 15) is 44.4 Å². The third-order valence-electron chi connectivity index (χ3n) is 7.09. The van der Waals surface area contributed by atoms with Crippen LogP contribution in [0.4, 0.5) is 11.4 Å². The molecule has 0 aliphatic rings. The molecule has 0 bridgehead atoms. The zero-order chi connectivity index (χ0) is 35.7. The summed E-state index contributed by atoms with van der Waals surface area (Å²) in [5.41, 5.74) is 3.52. The van der Waals surface area contributed by atoms with E-state index in [0.717, 1.165) is 20.7 Å². The molecule has 0 radical (unpaired) electrons. The summed E-state index contributed by atoms with van der Waals surface area (Å²) in [7, 11) is 0. The Morgan fingerprint density at radius 3 is 1.80 bits per heavy atom. The molecule has 1 amide bonds. The summed E-state index contributed by atoms with van der Waals surface area (Å²) in [6, 6.07) is 16.7. The summed E-state index contributed by atoms with van der Waals surface area (Å²) < 4.78 is 12.0. The molecule has 6 N–H and O–H groups in total. The molecule has 15 nitrogen and oxygen atoms in total. The fourth-order valence-electron chi connectivity index (χ4n) is 5.07. The van der Waals surface area contributed by atoms with Crippen LogP contribution in [0.3, 0.4) is 0 Å². The molecule has 0 unspecified atom stereocenters. The maximum absolute atomic E-state index is 12.3. The molecule has 4 aromatic rings. The van der Waals surface area contributed by atoms with Crippen molar-refractivity contribution in [1.82, 2.24) is 10.3 Å². The molecule has 0 aliphatic carbocycles. The van der Waals surface area contributed by atoms with E-state index in [-0.39, 0.29) is 42.0 Å². The van der Waals surface area contributed by atoms with E-state index < -0.39 is 50.1 Å². The zero-order valence-corrected chi connectivity index (χ0v) is 26.3. The first-order valence-corrected chi connectivity index (χ1v) is 14.8. The number of amides is 1. The minimum absolute atomic E-state index is 0.103. The summed E-state index contributed by atoms with van der Waals surface area (Å²) in [6.45, 7) is 2.63. The van der Waals surface area contributed by atoms with Crippen molar-refractivity contribution in [2.45, 2.75) is 6.92 Å². The van der Waals surface area contributed by atoms with Crippen LogP contribution in [0.1, 0.15) is 15.9 Å². The predicted octanol–water partition coefficient (Wildman–Crippen LogP) is 3.43. The number of hydrogen-bond acceptors (Lipinski definition) is 9. The number of fused-ring (bicyclic) bond motifs is 1. The van der Waals surface area contributed by atoms with Gasteiger partial charge in [0, 0.05) is 27.7 Å². The van der Waals surface area contributed by atoms with Crippen molar-refractivity contribution in [3.05, 3.63) is 84.6 Å². The number of carbonyl (C=O) groups is 5. The largest absolute Gasteiger partial charge is 0.488 e. The fourth-order valence-corrected chi connectivity index (χ4v) is 5.07. The van der Waals surface area contributed by atoms with Gasteiger partial charge in [0.2, 0.25) is 0 Å². The maximum Gasteiger partial charge on any atom is 0.323 e. The lowest BCUT2D eigenvalue weighted by Crippen LogP contribution is -2.35. The second-order valence-electron chi connectivity index (χ2n) is 10.8. The highest BCUT2D eigenvalue weighted by atomic mass is 16.5. The van der Waals surface area contributed by atoms with Crippen molar-refractivity contribution < 1.29 is 53.9 Å². The molecular weight excluding hydrogens is 640 g/mol. The van der Waals surface area contributed by atoms with Gasteiger partial charge in [-0.2, -0.15) is 0 Å². The van der Waals surface area contributed by atoms with Crippen LogP contribution in [0.2, 0.25) is 0 Å². The number of aromatic nitrogens is 1. The lowest BCUT2D eigenvalue weighted by Gasteiger charge is -2.25. The van der Waals surface area contributed by atoms with Gasteiger partial charge in [-0.1, -0.05) is 24.8 Å². The van der Waals surface area contributed by atoms with Crippen LogP contribution in [0.15, 0.2) is 73.4 Å². The first kappa shape index (κ1) is 35.3. The molecule has 0 aliphatic heterocycles. The average Bonchev–Trinajstić information content (AvgIpc) is 3.45. The number of aryl methyl sites for hydroxylation is 1. The van der Waals surface area contributed by atoms with Gasteiger partial charge in [0.05, 0.1) is 11.4 Å². The third-order valence-corrected chi connectivity index (χ3v) is 7.09. The zero-order valence-electron chi connectivity index (χ0n) is 26.3. The molecule has 0 atom stereocenters. The first-order chi connectivity index (χ1) is 23.3. The van der Waals surface area contributed by atoms with Gasteiger partial charge in [0.25, 0.3) is 5.91 Å². The second kappa shape index (κ2) is 15.9. The van der Waals surface area contributed by atoms with Crippen LogP contribution in [-0.4, -0.2) is 94.6 Å². The topological polar surface area (TPSA) is 219 Å². The van der Waals surface area contributed by atoms with E-state index >= 15 is 0 Å². The Morgan fingerprint density at radius 1 is 0.735 bits per heavy atom. The first-order valence-electron chi connectivity index (χ1n) is 14.8. The van der Waals surface area contributed by atoms with E-state index in [1.807, 2.05) is 6.07 Å². The number of hydrogen-bond donors (Lipinski definition) is 6. The molecule has 15 heteroatoms. The minimum Gasteiger partial charge on any atom is -0.488 e. The smallest absolute Gasteiger partial charge is 0.323 e. The second-order valence-corrected chi connectivity index (χ2v) is 10.8. The SMILES string of the molecule is C=CNC(=O)c1ccc2cc(-c3ccc(N(CC(=O)O)CC(=O)O)c(OCCOc4cc(C)ccc4N(CC(=O)O)CC(=O)O)c3)[nH]c2c1. The standard InChI is InChI=1S/C34H34N4O11/c1-3-35-34(47)23-6-5-21-13-24(36-25(21)14-23)22-7-9-27(38(18-32(43)44)19-33(45)46)29(15-22)49-11-10-48-28-12-20(2)4-8-26(28)37(16-30(39)40)17-31(41)42/h3-9,12-15,36H,1,10-11,16-19H2,2H3,(H,35,47)(H,39,40)(H,41,42)(H,43,44)(H,45,46). The Labute approximate surface area is 279 Å². The summed E-state index contributed by atoms with van der Waals surface area (Å²) in [4.78, 5) is 63.9. The van der Waals surface area contributed by atoms with Crippen molar-refractivity contribution in [1.29, 1.82) is 0 Å². The van der Waals surface area contributed by atoms with Crippen LogP contribution in [-0.2, 0) is 19.2 Å². The average molecular weight is 675 g/mol. The summed E-state index contributed by atoms with van der Waals surface area (Å²) in [5.74, 6) is -4.94. The number of nitrogens with zero attached hydrogens (tertiary/aromatic N) is 2. The summed E-state index contributed by atoms with van der Waals surface area (Å²) in [6.07, 6.45) is 1.28. The van der Waals surface area contributed by atoms with E-state index in [1.165, 1.54) is 6.20 Å². The third kappa shape index (κ3) is 9.51. The van der Waals surface area contributed by atoms with Gasteiger partial charge in [0.1, 0.15) is 50.9 Å². The monoisotopic (exact) mass is 674 g/mol. The molecule has 1 heterocycles. The van der Waals surface area contributed by atoms with Gasteiger partial charge < -0.3 is 50.0 Å². The highest BCUT2D eigenvalue weighted by Crippen LogP contribution is 2.35. The number of carboxylic acids is 4. The Balaban J connectivity index is 1.64.